The van der Waals surface area contributed by atoms with Gasteiger partial charge in [-0.25, -0.2) is 8.78 Å². The summed E-state index contributed by atoms with van der Waals surface area (Å²) in [6.07, 6.45) is 1.54. The number of rotatable bonds is 3. The van der Waals surface area contributed by atoms with Gasteiger partial charge in [0.25, 0.3) is 0 Å². The minimum Gasteiger partial charge on any atom is -0.387 e. The smallest absolute Gasteiger partial charge is 0.248 e. The van der Waals surface area contributed by atoms with Crippen LogP contribution in [-0.2, 0) is 10.3 Å². The molecule has 2 bridgehead atoms. The number of aliphatic hydroxyl groups excluding tert-OH is 1. The lowest BCUT2D eigenvalue weighted by Crippen LogP contribution is -2.53. The molecule has 27 heavy (non-hydrogen) atoms. The van der Waals surface area contributed by atoms with Crippen molar-refractivity contribution >= 4 is 5.91 Å². The van der Waals surface area contributed by atoms with Gasteiger partial charge >= 0.3 is 0 Å². The highest BCUT2D eigenvalue weighted by molar-refractivity contribution is 5.79. The summed E-state index contributed by atoms with van der Waals surface area (Å²) < 4.78 is 28.4. The number of fused-ring (bicyclic) bond motifs is 5. The summed E-state index contributed by atoms with van der Waals surface area (Å²) in [6, 6.07) is 5.40. The second-order valence-electron chi connectivity index (χ2n) is 7.91. The summed E-state index contributed by atoms with van der Waals surface area (Å²) in [7, 11) is 1.67. The molecule has 1 fully saturated rings. The van der Waals surface area contributed by atoms with Gasteiger partial charge in [0.15, 0.2) is 0 Å². The monoisotopic (exact) mass is 373 g/mol. The fraction of sp³-hybridized carbons (Fsp3) is 0.450. The quantitative estimate of drug-likeness (QED) is 0.898. The number of aromatic nitrogens is 2. The van der Waals surface area contributed by atoms with E-state index in [1.165, 1.54) is 18.2 Å². The average molecular weight is 373 g/mol. The Morgan fingerprint density at radius 1 is 1.30 bits per heavy atom. The number of hydrogen-bond donors (Lipinski definition) is 1. The molecule has 2 atom stereocenters. The second-order valence-corrected chi connectivity index (χ2v) is 7.91. The van der Waals surface area contributed by atoms with E-state index in [2.05, 4.69) is 24.0 Å². The summed E-state index contributed by atoms with van der Waals surface area (Å²) in [5.74, 6) is -1.67. The van der Waals surface area contributed by atoms with Gasteiger partial charge in [0.05, 0.1) is 22.5 Å². The molecular formula is C20H21F2N3O2. The lowest BCUT2D eigenvalue weighted by molar-refractivity contribution is -0.143. The number of carbonyl (C=O) groups is 1. The van der Waals surface area contributed by atoms with Gasteiger partial charge < -0.3 is 10.0 Å². The van der Waals surface area contributed by atoms with Crippen molar-refractivity contribution in [1.82, 2.24) is 15.1 Å². The molecule has 1 amide bonds. The normalized spacial score (nSPS) is 24.7. The Kier molecular flexibility index (Phi) is 3.86. The van der Waals surface area contributed by atoms with Crippen LogP contribution in [0.2, 0.25) is 0 Å². The molecule has 1 aromatic carbocycles. The fourth-order valence-corrected chi connectivity index (χ4v) is 5.23. The Bertz CT molecular complexity index is 927. The third-order valence-corrected chi connectivity index (χ3v) is 6.62. The van der Waals surface area contributed by atoms with E-state index in [0.717, 1.165) is 12.0 Å². The van der Waals surface area contributed by atoms with Gasteiger partial charge in [-0.2, -0.15) is 5.10 Å². The molecule has 0 unspecified atom stereocenters. The molecule has 0 saturated heterocycles. The molecule has 2 aliphatic rings. The van der Waals surface area contributed by atoms with E-state index < -0.39 is 23.8 Å². The van der Waals surface area contributed by atoms with Gasteiger partial charge in [-0.3, -0.25) is 4.79 Å². The molecule has 142 valence electrons. The summed E-state index contributed by atoms with van der Waals surface area (Å²) >= 11 is 0. The van der Waals surface area contributed by atoms with E-state index >= 15 is 0 Å². The Hall–Kier alpha value is -2.41. The van der Waals surface area contributed by atoms with Crippen LogP contribution in [-0.4, -0.2) is 39.8 Å². The van der Waals surface area contributed by atoms with Gasteiger partial charge in [0.1, 0.15) is 18.2 Å². The summed E-state index contributed by atoms with van der Waals surface area (Å²) in [5, 5.41) is 17.8. The standard InChI is InChI=1S/C20H21F2N3O2/c1-19(2)12-7-8-20(19,25(3)16(27)10-26)18-11(12)9-15(23-24-18)17-13(21)5-4-6-14(17)22/h4-6,9,12,26H,7-8,10H2,1-3H3/t12-,20-/m0/s1. The van der Waals surface area contributed by atoms with E-state index in [9.17, 15) is 18.7 Å². The van der Waals surface area contributed by atoms with Gasteiger partial charge in [0.2, 0.25) is 5.91 Å². The number of amides is 1. The molecule has 5 nitrogen and oxygen atoms in total. The number of aliphatic hydroxyl groups is 1. The van der Waals surface area contributed by atoms with Crippen molar-refractivity contribution in [3.05, 3.63) is 47.2 Å². The molecule has 1 saturated carbocycles. The van der Waals surface area contributed by atoms with Crippen LogP contribution in [0, 0.1) is 17.0 Å². The number of nitrogens with zero attached hydrogens (tertiary/aromatic N) is 3. The van der Waals surface area contributed by atoms with Crippen LogP contribution in [0.5, 0.6) is 0 Å². The van der Waals surface area contributed by atoms with Crippen LogP contribution in [0.3, 0.4) is 0 Å². The number of benzene rings is 1. The minimum atomic E-state index is -0.688. The van der Waals surface area contributed by atoms with Crippen LogP contribution in [0.1, 0.15) is 43.9 Å². The predicted octanol–water partition coefficient (Wildman–Crippen LogP) is 2.99. The van der Waals surface area contributed by atoms with Gasteiger partial charge in [-0.1, -0.05) is 19.9 Å². The number of likely N-dealkylation sites (N-methyl/N-ethyl adjacent to an activating group) is 1. The van der Waals surface area contributed by atoms with E-state index in [0.29, 0.717) is 12.1 Å². The number of hydrogen-bond acceptors (Lipinski definition) is 4. The first kappa shape index (κ1) is 18.0. The zero-order valence-corrected chi connectivity index (χ0v) is 15.5. The summed E-state index contributed by atoms with van der Waals surface area (Å²) in [4.78, 5) is 13.9. The maximum absolute atomic E-state index is 14.2. The number of halogens is 2. The lowest BCUT2D eigenvalue weighted by atomic mass is 9.74. The molecule has 1 N–H and O–H groups in total. The first-order chi connectivity index (χ1) is 12.8. The van der Waals surface area contributed by atoms with Crippen LogP contribution in [0.4, 0.5) is 8.78 Å². The van der Waals surface area contributed by atoms with Crippen molar-refractivity contribution in [2.75, 3.05) is 13.7 Å². The van der Waals surface area contributed by atoms with Crippen molar-refractivity contribution in [2.45, 2.75) is 38.1 Å². The molecule has 0 spiro atoms. The first-order valence-electron chi connectivity index (χ1n) is 8.95. The molecule has 7 heteroatoms. The topological polar surface area (TPSA) is 66.3 Å². The second kappa shape index (κ2) is 5.79. The molecule has 2 aromatic rings. The number of carbonyl (C=O) groups excluding carboxylic acids is 1. The minimum absolute atomic E-state index is 0.0885. The predicted molar refractivity (Wildman–Crippen MR) is 94.7 cm³/mol. The highest BCUT2D eigenvalue weighted by Gasteiger charge is 2.66. The van der Waals surface area contributed by atoms with E-state index in [4.69, 9.17) is 0 Å². The van der Waals surface area contributed by atoms with Crippen molar-refractivity contribution in [2.24, 2.45) is 5.41 Å². The van der Waals surface area contributed by atoms with Crippen molar-refractivity contribution in [3.8, 4) is 11.3 Å². The third-order valence-electron chi connectivity index (χ3n) is 6.62. The maximum Gasteiger partial charge on any atom is 0.248 e. The first-order valence-corrected chi connectivity index (χ1v) is 8.95. The highest BCUT2D eigenvalue weighted by Crippen LogP contribution is 2.68. The summed E-state index contributed by atoms with van der Waals surface area (Å²) in [6.45, 7) is 3.55. The van der Waals surface area contributed by atoms with Crippen LogP contribution in [0.15, 0.2) is 24.3 Å². The summed E-state index contributed by atoms with van der Waals surface area (Å²) in [5.41, 5.74) is 0.466. The molecular weight excluding hydrogens is 352 g/mol. The Balaban J connectivity index is 1.90. The van der Waals surface area contributed by atoms with Crippen LogP contribution in [0.25, 0.3) is 11.3 Å². The zero-order chi connectivity index (χ0) is 19.6. The Labute approximate surface area is 156 Å². The van der Waals surface area contributed by atoms with Crippen molar-refractivity contribution in [1.29, 1.82) is 0 Å². The van der Waals surface area contributed by atoms with Gasteiger partial charge in [0, 0.05) is 12.5 Å². The highest BCUT2D eigenvalue weighted by atomic mass is 19.1. The Morgan fingerprint density at radius 3 is 2.59 bits per heavy atom. The third kappa shape index (κ3) is 2.15. The fourth-order valence-electron chi connectivity index (χ4n) is 5.23. The maximum atomic E-state index is 14.2. The zero-order valence-electron chi connectivity index (χ0n) is 15.5. The van der Waals surface area contributed by atoms with Crippen molar-refractivity contribution < 1.29 is 18.7 Å². The molecule has 0 radical (unpaired) electrons. The molecule has 4 rings (SSSR count). The Morgan fingerprint density at radius 2 is 1.96 bits per heavy atom. The molecule has 1 heterocycles. The molecule has 2 aliphatic carbocycles. The van der Waals surface area contributed by atoms with Crippen LogP contribution < -0.4 is 0 Å². The average Bonchev–Trinajstić information content (AvgIpc) is 3.02. The molecule has 1 aromatic heterocycles. The van der Waals surface area contributed by atoms with E-state index in [1.54, 1.807) is 18.0 Å². The van der Waals surface area contributed by atoms with Gasteiger partial charge in [-0.15, -0.1) is 5.10 Å². The van der Waals surface area contributed by atoms with Crippen LogP contribution >= 0.6 is 0 Å². The molecule has 0 aliphatic heterocycles. The lowest BCUT2D eigenvalue weighted by Gasteiger charge is -2.45. The van der Waals surface area contributed by atoms with Gasteiger partial charge in [-0.05, 0) is 42.5 Å². The van der Waals surface area contributed by atoms with E-state index in [-0.39, 0.29) is 28.5 Å². The van der Waals surface area contributed by atoms with Crippen molar-refractivity contribution in [3.63, 3.8) is 0 Å². The largest absolute Gasteiger partial charge is 0.387 e. The van der Waals surface area contributed by atoms with E-state index in [1.807, 2.05) is 0 Å². The SMILES string of the molecule is CN(C(=O)CO)[C@@]12CC[C@@H](c3cc(-c4c(F)cccc4F)nnc31)C2(C)C.